The summed E-state index contributed by atoms with van der Waals surface area (Å²) in [6, 6.07) is 5.97. The van der Waals surface area contributed by atoms with E-state index in [4.69, 9.17) is 4.74 Å². The van der Waals surface area contributed by atoms with Crippen LogP contribution in [-0.2, 0) is 9.53 Å². The van der Waals surface area contributed by atoms with E-state index in [1.54, 1.807) is 30.4 Å². The van der Waals surface area contributed by atoms with Crippen LogP contribution in [0.5, 0.6) is 0 Å². The van der Waals surface area contributed by atoms with Gasteiger partial charge in [-0.2, -0.15) is 0 Å². The molecule has 3 aliphatic rings. The fraction of sp³-hybridized carbons (Fsp3) is 0.444. The van der Waals surface area contributed by atoms with Crippen molar-refractivity contribution in [3.05, 3.63) is 77.4 Å². The number of aliphatic hydroxyl groups is 2. The Labute approximate surface area is 188 Å². The van der Waals surface area contributed by atoms with Crippen molar-refractivity contribution in [2.24, 2.45) is 22.7 Å². The number of halogens is 1. The average molecular weight is 439 g/mol. The van der Waals surface area contributed by atoms with Gasteiger partial charge in [0, 0.05) is 11.3 Å². The largest absolute Gasteiger partial charge is 0.423 e. The van der Waals surface area contributed by atoms with Crippen molar-refractivity contribution >= 4 is 12.0 Å². The van der Waals surface area contributed by atoms with Crippen molar-refractivity contribution in [3.8, 4) is 0 Å². The molecule has 0 saturated heterocycles. The number of allylic oxidation sites excluding steroid dienone is 3. The van der Waals surface area contributed by atoms with Crippen LogP contribution in [-0.4, -0.2) is 28.9 Å². The van der Waals surface area contributed by atoms with Crippen molar-refractivity contribution < 1.29 is 24.1 Å². The highest BCUT2D eigenvalue weighted by atomic mass is 19.1. The van der Waals surface area contributed by atoms with Crippen molar-refractivity contribution in [2.75, 3.05) is 6.61 Å². The molecule has 1 aromatic carbocycles. The third-order valence-corrected chi connectivity index (χ3v) is 7.95. The lowest BCUT2D eigenvalue weighted by molar-refractivity contribution is -0.145. The lowest BCUT2D eigenvalue weighted by atomic mass is 9.46. The van der Waals surface area contributed by atoms with Crippen LogP contribution in [0.1, 0.15) is 45.1 Å². The molecule has 0 radical (unpaired) electrons. The van der Waals surface area contributed by atoms with E-state index in [9.17, 15) is 19.4 Å². The van der Waals surface area contributed by atoms with Gasteiger partial charge in [0.1, 0.15) is 11.6 Å². The smallest absolute Gasteiger partial charge is 0.343 e. The van der Waals surface area contributed by atoms with E-state index in [2.05, 4.69) is 13.5 Å². The number of benzene rings is 1. The van der Waals surface area contributed by atoms with Crippen LogP contribution in [0, 0.1) is 28.5 Å². The topological polar surface area (TPSA) is 66.8 Å². The molecule has 2 N–H and O–H groups in total. The van der Waals surface area contributed by atoms with E-state index >= 15 is 0 Å². The SMILES string of the molecule is C=C1CC[C@@H]2[C@](C)(CO)[C@H](O)CC[C@@]2(C)[C@@H]1/C=C/C1=CC(=C/c2ccc(F)cc2)/OC1=O. The molecule has 170 valence electrons. The van der Waals surface area contributed by atoms with E-state index in [1.807, 2.05) is 13.0 Å². The number of aliphatic hydroxyl groups excluding tert-OH is 2. The highest BCUT2D eigenvalue weighted by Crippen LogP contribution is 2.61. The first-order valence-electron chi connectivity index (χ1n) is 11.2. The average Bonchev–Trinajstić information content (AvgIpc) is 3.11. The second-order valence-electron chi connectivity index (χ2n) is 9.90. The zero-order valence-electron chi connectivity index (χ0n) is 18.7. The Morgan fingerprint density at radius 2 is 1.97 bits per heavy atom. The fourth-order valence-corrected chi connectivity index (χ4v) is 6.01. The minimum atomic E-state index is -0.545. The number of carbonyl (C=O) groups excluding carboxylic acids is 1. The maximum atomic E-state index is 13.1. The molecule has 0 amide bonds. The zero-order valence-corrected chi connectivity index (χ0v) is 18.7. The first-order valence-corrected chi connectivity index (χ1v) is 11.2. The molecule has 0 spiro atoms. The van der Waals surface area contributed by atoms with Gasteiger partial charge in [-0.05, 0) is 66.9 Å². The van der Waals surface area contributed by atoms with Gasteiger partial charge in [-0.1, -0.05) is 50.3 Å². The molecule has 0 bridgehead atoms. The van der Waals surface area contributed by atoms with Crippen LogP contribution < -0.4 is 0 Å². The first kappa shape index (κ1) is 22.7. The van der Waals surface area contributed by atoms with E-state index in [0.717, 1.165) is 30.4 Å². The summed E-state index contributed by atoms with van der Waals surface area (Å²) in [6.45, 7) is 8.47. The van der Waals surface area contributed by atoms with Crippen molar-refractivity contribution in [2.45, 2.75) is 45.6 Å². The Morgan fingerprint density at radius 3 is 2.66 bits per heavy atom. The maximum Gasteiger partial charge on any atom is 0.343 e. The number of fused-ring (bicyclic) bond motifs is 1. The van der Waals surface area contributed by atoms with Crippen LogP contribution in [0.25, 0.3) is 6.08 Å². The maximum absolute atomic E-state index is 13.1. The highest BCUT2D eigenvalue weighted by Gasteiger charge is 2.57. The van der Waals surface area contributed by atoms with Crippen LogP contribution in [0.3, 0.4) is 0 Å². The van der Waals surface area contributed by atoms with Crippen molar-refractivity contribution in [3.63, 3.8) is 0 Å². The second kappa shape index (κ2) is 8.45. The molecule has 5 atom stereocenters. The molecule has 0 unspecified atom stereocenters. The summed E-state index contributed by atoms with van der Waals surface area (Å²) in [5.74, 6) is -0.124. The molecule has 2 saturated carbocycles. The number of ether oxygens (including phenoxy) is 1. The normalized spacial score (nSPS) is 36.3. The minimum Gasteiger partial charge on any atom is -0.423 e. The molecule has 0 aromatic heterocycles. The standard InChI is InChI=1S/C27H31FO4/c1-17-4-11-23-26(2,13-12-24(30)27(23,3)16-29)22(17)10-7-19-15-21(32-25(19)31)14-18-5-8-20(28)9-6-18/h5-10,14-15,22-24,29-30H,1,4,11-13,16H2,2-3H3/b10-7+,21-14-/t22-,23+,24-,26+,27+/m1/s1. The molecule has 1 aliphatic heterocycles. The minimum absolute atomic E-state index is 0.0402. The van der Waals surface area contributed by atoms with Gasteiger partial charge in [0.05, 0.1) is 18.3 Å². The number of cyclic esters (lactones) is 1. The zero-order chi connectivity index (χ0) is 23.1. The molecule has 4 nitrogen and oxygen atoms in total. The van der Waals surface area contributed by atoms with E-state index in [-0.39, 0.29) is 29.7 Å². The van der Waals surface area contributed by atoms with Crippen LogP contribution >= 0.6 is 0 Å². The van der Waals surface area contributed by atoms with Gasteiger partial charge >= 0.3 is 5.97 Å². The van der Waals surface area contributed by atoms with Gasteiger partial charge < -0.3 is 14.9 Å². The molecule has 5 heteroatoms. The quantitative estimate of drug-likeness (QED) is 0.516. The Morgan fingerprint density at radius 1 is 1.25 bits per heavy atom. The predicted octanol–water partition coefficient (Wildman–Crippen LogP) is 4.95. The van der Waals surface area contributed by atoms with Crippen LogP contribution in [0.2, 0.25) is 0 Å². The third-order valence-electron chi connectivity index (χ3n) is 7.95. The molecular formula is C27H31FO4. The van der Waals surface area contributed by atoms with Gasteiger partial charge in [0.15, 0.2) is 0 Å². The van der Waals surface area contributed by atoms with Gasteiger partial charge in [-0.3, -0.25) is 0 Å². The van der Waals surface area contributed by atoms with Gasteiger partial charge in [0.2, 0.25) is 0 Å². The number of esters is 1. The lowest BCUT2D eigenvalue weighted by Gasteiger charge is -2.59. The molecular weight excluding hydrogens is 407 g/mol. The molecule has 2 fully saturated rings. The predicted molar refractivity (Wildman–Crippen MR) is 122 cm³/mol. The van der Waals surface area contributed by atoms with Gasteiger partial charge in [0.25, 0.3) is 0 Å². The fourth-order valence-electron chi connectivity index (χ4n) is 6.01. The molecule has 1 heterocycles. The Hall–Kier alpha value is -2.50. The Bertz CT molecular complexity index is 1000. The summed E-state index contributed by atoms with van der Waals surface area (Å²) in [5.41, 5.74) is 1.62. The van der Waals surface area contributed by atoms with Gasteiger partial charge in [-0.15, -0.1) is 0 Å². The third kappa shape index (κ3) is 3.89. The van der Waals surface area contributed by atoms with Crippen molar-refractivity contribution in [1.82, 2.24) is 0 Å². The number of hydrogen-bond acceptors (Lipinski definition) is 4. The van der Waals surface area contributed by atoms with Crippen molar-refractivity contribution in [1.29, 1.82) is 0 Å². The first-order chi connectivity index (χ1) is 15.2. The number of hydrogen-bond donors (Lipinski definition) is 2. The molecule has 2 aliphatic carbocycles. The van der Waals surface area contributed by atoms with Gasteiger partial charge in [-0.25, -0.2) is 9.18 Å². The van der Waals surface area contributed by atoms with E-state index < -0.39 is 17.5 Å². The Kier molecular flexibility index (Phi) is 5.99. The van der Waals surface area contributed by atoms with Crippen LogP contribution in [0.15, 0.2) is 66.0 Å². The monoisotopic (exact) mass is 438 g/mol. The summed E-state index contributed by atoms with van der Waals surface area (Å²) >= 11 is 0. The highest BCUT2D eigenvalue weighted by molar-refractivity contribution is 5.96. The van der Waals surface area contributed by atoms with E-state index in [0.29, 0.717) is 17.8 Å². The van der Waals surface area contributed by atoms with Crippen LogP contribution in [0.4, 0.5) is 4.39 Å². The summed E-state index contributed by atoms with van der Waals surface area (Å²) in [6.07, 6.45) is 9.91. The molecule has 1 aromatic rings. The second-order valence-corrected chi connectivity index (χ2v) is 9.90. The summed E-state index contributed by atoms with van der Waals surface area (Å²) < 4.78 is 18.5. The molecule has 32 heavy (non-hydrogen) atoms. The summed E-state index contributed by atoms with van der Waals surface area (Å²) in [4.78, 5) is 12.4. The lowest BCUT2D eigenvalue weighted by Crippen LogP contribution is -2.57. The summed E-state index contributed by atoms with van der Waals surface area (Å²) in [5, 5.41) is 20.8. The molecule has 4 rings (SSSR count). The number of carbonyl (C=O) groups is 1. The van der Waals surface area contributed by atoms with E-state index in [1.165, 1.54) is 12.1 Å². The number of rotatable bonds is 4. The summed E-state index contributed by atoms with van der Waals surface area (Å²) in [7, 11) is 0. The Balaban J connectivity index is 1.59.